The number of hydrogen-bond acceptors (Lipinski definition) is 4. The molecule has 1 N–H and O–H groups in total. The molecule has 0 unspecified atom stereocenters. The molecule has 0 amide bonds. The Labute approximate surface area is 118 Å². The van der Waals surface area contributed by atoms with Gasteiger partial charge in [0.1, 0.15) is 0 Å². The molecule has 1 aromatic heterocycles. The van der Waals surface area contributed by atoms with Gasteiger partial charge in [-0.1, -0.05) is 11.6 Å². The van der Waals surface area contributed by atoms with Gasteiger partial charge in [0.2, 0.25) is 11.8 Å². The second kappa shape index (κ2) is 4.99. The van der Waals surface area contributed by atoms with Crippen LogP contribution in [0.4, 0.5) is 0 Å². The molecule has 0 bridgehead atoms. The molecule has 1 saturated carbocycles. The number of nitrogens with one attached hydrogen (secondary N) is 1. The highest BCUT2D eigenvalue weighted by Crippen LogP contribution is 2.28. The summed E-state index contributed by atoms with van der Waals surface area (Å²) in [5.74, 6) is 1.10. The summed E-state index contributed by atoms with van der Waals surface area (Å²) in [6.45, 7) is 0.627. The molecule has 94 valence electrons. The van der Waals surface area contributed by atoms with Crippen molar-refractivity contribution in [1.29, 1.82) is 0 Å². The number of rotatable bonds is 4. The van der Waals surface area contributed by atoms with E-state index in [0.29, 0.717) is 29.4 Å². The minimum absolute atomic E-state index is 0.497. The predicted molar refractivity (Wildman–Crippen MR) is 72.3 cm³/mol. The molecule has 0 aliphatic heterocycles. The number of nitrogens with zero attached hydrogens (tertiary/aromatic N) is 2. The SMILES string of the molecule is Clc1cc(-c2nnc(CNC3CC3)o2)ccc1Br. The highest BCUT2D eigenvalue weighted by atomic mass is 79.9. The van der Waals surface area contributed by atoms with E-state index in [4.69, 9.17) is 16.0 Å². The topological polar surface area (TPSA) is 51.0 Å². The van der Waals surface area contributed by atoms with Gasteiger partial charge < -0.3 is 9.73 Å². The Kier molecular flexibility index (Phi) is 3.37. The Morgan fingerprint density at radius 1 is 1.39 bits per heavy atom. The van der Waals surface area contributed by atoms with Gasteiger partial charge in [0.15, 0.2) is 0 Å². The lowest BCUT2D eigenvalue weighted by molar-refractivity contribution is 0.476. The van der Waals surface area contributed by atoms with Gasteiger partial charge in [-0.25, -0.2) is 0 Å². The monoisotopic (exact) mass is 327 g/mol. The summed E-state index contributed by atoms with van der Waals surface area (Å²) >= 11 is 9.38. The van der Waals surface area contributed by atoms with Crippen LogP contribution in [-0.2, 0) is 6.54 Å². The summed E-state index contributed by atoms with van der Waals surface area (Å²) in [7, 11) is 0. The quantitative estimate of drug-likeness (QED) is 0.934. The fourth-order valence-electron chi connectivity index (χ4n) is 1.59. The van der Waals surface area contributed by atoms with Crippen molar-refractivity contribution in [3.63, 3.8) is 0 Å². The summed E-state index contributed by atoms with van der Waals surface area (Å²) in [6.07, 6.45) is 2.48. The van der Waals surface area contributed by atoms with Crippen LogP contribution in [0.5, 0.6) is 0 Å². The third-order valence-electron chi connectivity index (χ3n) is 2.75. The highest BCUT2D eigenvalue weighted by molar-refractivity contribution is 9.10. The van der Waals surface area contributed by atoms with Crippen LogP contribution < -0.4 is 5.32 Å². The smallest absolute Gasteiger partial charge is 0.247 e. The molecule has 0 atom stereocenters. The molecule has 0 spiro atoms. The summed E-state index contributed by atoms with van der Waals surface area (Å²) in [5.41, 5.74) is 0.827. The van der Waals surface area contributed by atoms with Crippen molar-refractivity contribution in [2.75, 3.05) is 0 Å². The summed E-state index contributed by atoms with van der Waals surface area (Å²) in [4.78, 5) is 0. The van der Waals surface area contributed by atoms with Crippen LogP contribution >= 0.6 is 27.5 Å². The van der Waals surface area contributed by atoms with Gasteiger partial charge in [-0.2, -0.15) is 0 Å². The van der Waals surface area contributed by atoms with Crippen molar-refractivity contribution in [2.45, 2.75) is 25.4 Å². The molecule has 18 heavy (non-hydrogen) atoms. The molecular weight excluding hydrogens is 318 g/mol. The second-order valence-corrected chi connectivity index (χ2v) is 5.55. The molecule has 3 rings (SSSR count). The summed E-state index contributed by atoms with van der Waals surface area (Å²) in [6, 6.07) is 6.19. The predicted octanol–water partition coefficient (Wildman–Crippen LogP) is 3.40. The van der Waals surface area contributed by atoms with Crippen LogP contribution in [0.2, 0.25) is 5.02 Å². The summed E-state index contributed by atoms with van der Waals surface area (Å²) < 4.78 is 6.43. The first-order chi connectivity index (χ1) is 8.72. The molecular formula is C12H11BrClN3O. The maximum atomic E-state index is 6.03. The third-order valence-corrected chi connectivity index (χ3v) is 3.99. The van der Waals surface area contributed by atoms with E-state index in [9.17, 15) is 0 Å². The average molecular weight is 329 g/mol. The van der Waals surface area contributed by atoms with Crippen LogP contribution in [0.3, 0.4) is 0 Å². The number of hydrogen-bond donors (Lipinski definition) is 1. The fraction of sp³-hybridized carbons (Fsp3) is 0.333. The van der Waals surface area contributed by atoms with Crippen molar-refractivity contribution in [2.24, 2.45) is 0 Å². The third kappa shape index (κ3) is 2.74. The Morgan fingerprint density at radius 2 is 2.22 bits per heavy atom. The average Bonchev–Trinajstić information content (AvgIpc) is 3.08. The Morgan fingerprint density at radius 3 is 2.94 bits per heavy atom. The Hall–Kier alpha value is -0.910. The van der Waals surface area contributed by atoms with Gasteiger partial charge in [0.05, 0.1) is 11.6 Å². The standard InChI is InChI=1S/C12H11BrClN3O/c13-9-4-1-7(5-10(9)14)12-17-16-11(18-12)6-15-8-2-3-8/h1,4-5,8,15H,2-3,6H2. The van der Waals surface area contributed by atoms with Crippen molar-refractivity contribution in [3.05, 3.63) is 33.6 Å². The molecule has 1 fully saturated rings. The van der Waals surface area contributed by atoms with Gasteiger partial charge in [-0.15, -0.1) is 10.2 Å². The Bertz CT molecular complexity index is 568. The highest BCUT2D eigenvalue weighted by Gasteiger charge is 2.21. The van der Waals surface area contributed by atoms with Crippen LogP contribution in [-0.4, -0.2) is 16.2 Å². The van der Waals surface area contributed by atoms with E-state index in [-0.39, 0.29) is 0 Å². The van der Waals surface area contributed by atoms with E-state index in [1.165, 1.54) is 12.8 Å². The fourth-order valence-corrected chi connectivity index (χ4v) is 2.02. The van der Waals surface area contributed by atoms with Crippen LogP contribution in [0.1, 0.15) is 18.7 Å². The van der Waals surface area contributed by atoms with Crippen LogP contribution in [0.15, 0.2) is 27.1 Å². The lowest BCUT2D eigenvalue weighted by atomic mass is 10.2. The van der Waals surface area contributed by atoms with Crippen molar-refractivity contribution < 1.29 is 4.42 Å². The first-order valence-corrected chi connectivity index (χ1v) is 6.90. The molecule has 0 saturated heterocycles. The van der Waals surface area contributed by atoms with Crippen molar-refractivity contribution >= 4 is 27.5 Å². The zero-order chi connectivity index (χ0) is 12.5. The Balaban J connectivity index is 1.76. The van der Waals surface area contributed by atoms with Crippen LogP contribution in [0, 0.1) is 0 Å². The lowest BCUT2D eigenvalue weighted by Gasteiger charge is -1.98. The molecule has 2 aromatic rings. The maximum Gasteiger partial charge on any atom is 0.247 e. The maximum absolute atomic E-state index is 6.03. The first-order valence-electron chi connectivity index (χ1n) is 5.73. The molecule has 6 heteroatoms. The molecule has 1 aliphatic rings. The van der Waals surface area contributed by atoms with E-state index < -0.39 is 0 Å². The summed E-state index contributed by atoms with van der Waals surface area (Å²) in [5, 5.41) is 12.0. The number of benzene rings is 1. The van der Waals surface area contributed by atoms with Gasteiger partial charge in [-0.05, 0) is 47.0 Å². The van der Waals surface area contributed by atoms with Gasteiger partial charge in [-0.3, -0.25) is 0 Å². The van der Waals surface area contributed by atoms with Crippen molar-refractivity contribution in [1.82, 2.24) is 15.5 Å². The molecule has 1 heterocycles. The van der Waals surface area contributed by atoms with E-state index in [1.54, 1.807) is 6.07 Å². The van der Waals surface area contributed by atoms with Crippen LogP contribution in [0.25, 0.3) is 11.5 Å². The lowest BCUT2D eigenvalue weighted by Crippen LogP contribution is -2.15. The first kappa shape index (κ1) is 12.1. The van der Waals surface area contributed by atoms with E-state index in [0.717, 1.165) is 10.0 Å². The molecule has 1 aromatic carbocycles. The molecule has 1 aliphatic carbocycles. The molecule has 4 nitrogen and oxygen atoms in total. The van der Waals surface area contributed by atoms with E-state index in [1.807, 2.05) is 12.1 Å². The second-order valence-electron chi connectivity index (χ2n) is 4.29. The molecule has 0 radical (unpaired) electrons. The normalized spacial score (nSPS) is 15.0. The van der Waals surface area contributed by atoms with E-state index >= 15 is 0 Å². The van der Waals surface area contributed by atoms with Gasteiger partial charge >= 0.3 is 0 Å². The van der Waals surface area contributed by atoms with Crippen molar-refractivity contribution in [3.8, 4) is 11.5 Å². The minimum Gasteiger partial charge on any atom is -0.419 e. The van der Waals surface area contributed by atoms with Gasteiger partial charge in [0, 0.05) is 16.1 Å². The zero-order valence-corrected chi connectivity index (χ0v) is 11.8. The zero-order valence-electron chi connectivity index (χ0n) is 9.49. The number of aromatic nitrogens is 2. The largest absolute Gasteiger partial charge is 0.419 e. The van der Waals surface area contributed by atoms with E-state index in [2.05, 4.69) is 31.4 Å². The minimum atomic E-state index is 0.497. The number of halogens is 2. The van der Waals surface area contributed by atoms with Gasteiger partial charge in [0.25, 0.3) is 0 Å².